The summed E-state index contributed by atoms with van der Waals surface area (Å²) >= 11 is 0. The van der Waals surface area contributed by atoms with Crippen molar-refractivity contribution >= 4 is 67.5 Å². The van der Waals surface area contributed by atoms with E-state index in [9.17, 15) is 0 Å². The molecule has 0 aromatic carbocycles. The number of hydrogen-bond donors (Lipinski definition) is 0. The summed E-state index contributed by atoms with van der Waals surface area (Å²) < 4.78 is 0. The van der Waals surface area contributed by atoms with Gasteiger partial charge in [-0.25, -0.2) is 0 Å². The predicted molar refractivity (Wildman–Crippen MR) is 36.8 cm³/mol. The molecule has 7 heavy (non-hydrogen) atoms. The smallest absolute Gasteiger partial charge is 2.00 e. The Morgan fingerprint density at radius 1 is 0.429 bits per heavy atom. The molecular weight excluding hydrogens is 434 g/mol. The van der Waals surface area contributed by atoms with Crippen LogP contribution in [0.15, 0.2) is 0 Å². The first-order valence-corrected chi connectivity index (χ1v) is 0. The maximum absolute atomic E-state index is 0. The van der Waals surface area contributed by atoms with Crippen LogP contribution < -0.4 is 0 Å². The summed E-state index contributed by atoms with van der Waals surface area (Å²) in [6.07, 6.45) is 0. The Balaban J connectivity index is 0. The minimum atomic E-state index is 0. The summed E-state index contributed by atoms with van der Waals surface area (Å²) in [6, 6.07) is 0. The van der Waals surface area contributed by atoms with E-state index in [-0.39, 0.29) is 112 Å². The monoisotopic (exact) mass is 434 g/mol. The molecule has 0 saturated carbocycles. The standard InChI is InChI=1S/Nb.5S.Ta/q+5;5*-2;+5. The fourth-order valence-electron chi connectivity index (χ4n) is 0. The zero-order valence-corrected chi connectivity index (χ0v) is 12.4. The van der Waals surface area contributed by atoms with Gasteiger partial charge in [0.15, 0.2) is 0 Å². The molecule has 0 saturated heterocycles. The molecule has 0 fully saturated rings. The van der Waals surface area contributed by atoms with Gasteiger partial charge < -0.3 is 67.5 Å². The zero-order valence-electron chi connectivity index (χ0n) is 2.94. The summed E-state index contributed by atoms with van der Waals surface area (Å²) in [7, 11) is 0. The Morgan fingerprint density at radius 3 is 0.429 bits per heavy atom. The molecule has 0 amide bonds. The summed E-state index contributed by atoms with van der Waals surface area (Å²) in [6.45, 7) is 0. The fraction of sp³-hybridized carbons (Fsp3) is 0. The largest absolute Gasteiger partial charge is 5.00 e. The third kappa shape index (κ3) is 46.2. The van der Waals surface area contributed by atoms with Gasteiger partial charge in [-0.3, -0.25) is 0 Å². The van der Waals surface area contributed by atoms with Gasteiger partial charge in [0.1, 0.15) is 0 Å². The van der Waals surface area contributed by atoms with E-state index in [2.05, 4.69) is 0 Å². The van der Waals surface area contributed by atoms with Gasteiger partial charge in [0.2, 0.25) is 0 Å². The Kier molecular flexibility index (Phi) is 715. The summed E-state index contributed by atoms with van der Waals surface area (Å²) in [4.78, 5) is 0. The third-order valence-corrected chi connectivity index (χ3v) is 0. The Labute approximate surface area is 111 Å². The molecule has 0 unspecified atom stereocenters. The Morgan fingerprint density at radius 2 is 0.429 bits per heavy atom. The van der Waals surface area contributed by atoms with Gasteiger partial charge in [-0.15, -0.1) is 0 Å². The summed E-state index contributed by atoms with van der Waals surface area (Å²) in [5, 5.41) is 0. The van der Waals surface area contributed by atoms with Crippen LogP contribution in [-0.2, 0) is 112 Å². The maximum atomic E-state index is 0. The maximum Gasteiger partial charge on any atom is 5.00 e. The van der Waals surface area contributed by atoms with Crippen molar-refractivity contribution in [3.8, 4) is 0 Å². The van der Waals surface area contributed by atoms with Crippen molar-refractivity contribution in [1.82, 2.24) is 0 Å². The molecule has 0 bridgehead atoms. The van der Waals surface area contributed by atoms with Crippen LogP contribution in [-0.4, -0.2) is 0 Å². The van der Waals surface area contributed by atoms with Crippen molar-refractivity contribution in [1.29, 1.82) is 0 Å². The Bertz CT molecular complexity index is 8.04. The fourth-order valence-corrected chi connectivity index (χ4v) is 0. The van der Waals surface area contributed by atoms with E-state index < -0.39 is 0 Å². The van der Waals surface area contributed by atoms with Crippen LogP contribution in [0, 0.1) is 0 Å². The van der Waals surface area contributed by atoms with Crippen LogP contribution in [0.25, 0.3) is 0 Å². The molecule has 0 nitrogen and oxygen atoms in total. The predicted octanol–water partition coefficient (Wildman–Crippen LogP) is -0.0170. The van der Waals surface area contributed by atoms with Crippen molar-refractivity contribution in [2.45, 2.75) is 0 Å². The zero-order chi connectivity index (χ0) is 0. The Hall–Kier alpha value is 3.23. The van der Waals surface area contributed by atoms with Gasteiger partial charge >= 0.3 is 44.8 Å². The van der Waals surface area contributed by atoms with E-state index in [1.165, 1.54) is 0 Å². The normalized spacial score (nSPS) is 0. The second-order valence-corrected chi connectivity index (χ2v) is 0. The van der Waals surface area contributed by atoms with E-state index in [1.54, 1.807) is 0 Å². The van der Waals surface area contributed by atoms with Gasteiger partial charge in [-0.2, -0.15) is 0 Å². The van der Waals surface area contributed by atoms with E-state index >= 15 is 0 Å². The molecule has 0 radical (unpaired) electrons. The molecule has 0 spiro atoms. The minimum absolute atomic E-state index is 0. The van der Waals surface area contributed by atoms with Crippen LogP contribution in [0.5, 0.6) is 0 Å². The summed E-state index contributed by atoms with van der Waals surface area (Å²) in [5.74, 6) is 0. The second-order valence-electron chi connectivity index (χ2n) is 0. The van der Waals surface area contributed by atoms with Crippen LogP contribution >= 0.6 is 0 Å². The molecule has 0 aromatic rings. The van der Waals surface area contributed by atoms with E-state index in [0.29, 0.717) is 0 Å². The average molecular weight is 434 g/mol. The first kappa shape index (κ1) is 83.5. The molecule has 0 aromatic heterocycles. The van der Waals surface area contributed by atoms with Crippen molar-refractivity contribution in [3.63, 3.8) is 0 Å². The average Bonchev–Trinajstić information content (AvgIpc) is 0. The molecule has 40 valence electrons. The molecule has 0 aliphatic carbocycles. The van der Waals surface area contributed by atoms with E-state index in [4.69, 9.17) is 0 Å². The molecule has 0 atom stereocenters. The molecule has 0 aliphatic rings. The van der Waals surface area contributed by atoms with Crippen LogP contribution in [0.2, 0.25) is 0 Å². The van der Waals surface area contributed by atoms with E-state index in [1.807, 2.05) is 0 Å². The van der Waals surface area contributed by atoms with Gasteiger partial charge in [0.05, 0.1) is 0 Å². The first-order valence-electron chi connectivity index (χ1n) is 0. The van der Waals surface area contributed by atoms with Crippen LogP contribution in [0.1, 0.15) is 0 Å². The van der Waals surface area contributed by atoms with Gasteiger partial charge in [-0.1, -0.05) is 0 Å². The van der Waals surface area contributed by atoms with E-state index in [0.717, 1.165) is 0 Å². The van der Waals surface area contributed by atoms with Crippen LogP contribution in [0.4, 0.5) is 0 Å². The summed E-state index contributed by atoms with van der Waals surface area (Å²) in [5.41, 5.74) is 0. The topological polar surface area (TPSA) is 0 Å². The van der Waals surface area contributed by atoms with Gasteiger partial charge in [-0.05, 0) is 0 Å². The SMILES string of the molecule is [Nb+5].[S-2].[S-2].[S-2].[S-2].[S-2].[Ta+5]. The molecule has 0 heterocycles. The van der Waals surface area contributed by atoms with Crippen molar-refractivity contribution in [2.75, 3.05) is 0 Å². The van der Waals surface area contributed by atoms with Gasteiger partial charge in [0, 0.05) is 0 Å². The van der Waals surface area contributed by atoms with Crippen molar-refractivity contribution in [2.24, 2.45) is 0 Å². The second kappa shape index (κ2) is 59.9. The van der Waals surface area contributed by atoms with Crippen molar-refractivity contribution in [3.05, 3.63) is 0 Å². The molecule has 7 heteroatoms. The molecule has 0 aliphatic heterocycles. The molecular formula is NbS5Ta. The number of hydrogen-bond acceptors (Lipinski definition) is 0. The quantitative estimate of drug-likeness (QED) is 0.471. The minimum Gasteiger partial charge on any atom is -2.00 e. The van der Waals surface area contributed by atoms with Crippen LogP contribution in [0.3, 0.4) is 0 Å². The third-order valence-electron chi connectivity index (χ3n) is 0. The molecule has 0 N–H and O–H groups in total. The molecule has 0 rings (SSSR count). The van der Waals surface area contributed by atoms with Crippen molar-refractivity contribution < 1.29 is 44.8 Å². The van der Waals surface area contributed by atoms with Gasteiger partial charge in [0.25, 0.3) is 0 Å². The first-order chi connectivity index (χ1) is 0. The number of rotatable bonds is 0.